The van der Waals surface area contributed by atoms with E-state index in [0.717, 1.165) is 37.6 Å². The highest BCUT2D eigenvalue weighted by atomic mass is 79.9. The van der Waals surface area contributed by atoms with Gasteiger partial charge >= 0.3 is 0 Å². The van der Waals surface area contributed by atoms with Crippen LogP contribution in [0.1, 0.15) is 11.4 Å². The molecular formula is C12H12BrFN4. The van der Waals surface area contributed by atoms with Gasteiger partial charge in [0.05, 0.1) is 11.0 Å². The van der Waals surface area contributed by atoms with Gasteiger partial charge < -0.3 is 4.57 Å². The fourth-order valence-corrected chi connectivity index (χ4v) is 2.57. The molecule has 2 aromatic rings. The van der Waals surface area contributed by atoms with Crippen molar-refractivity contribution in [3.8, 4) is 0 Å². The summed E-state index contributed by atoms with van der Waals surface area (Å²) in [6, 6.07) is 5.14. The number of rotatable bonds is 2. The zero-order valence-corrected chi connectivity index (χ0v) is 11.3. The SMILES string of the molecule is Fc1ccc(CN2CCn3cnnc3C2)cc1Br. The number of fused-ring (bicyclic) bond motifs is 1. The van der Waals surface area contributed by atoms with Gasteiger partial charge in [-0.05, 0) is 33.6 Å². The average Bonchev–Trinajstić information content (AvgIpc) is 2.81. The molecule has 0 aliphatic carbocycles. The Kier molecular flexibility index (Phi) is 3.13. The molecule has 0 fully saturated rings. The molecule has 0 atom stereocenters. The van der Waals surface area contributed by atoms with Crippen molar-refractivity contribution in [2.45, 2.75) is 19.6 Å². The van der Waals surface area contributed by atoms with Crippen LogP contribution in [0.5, 0.6) is 0 Å². The molecule has 4 nitrogen and oxygen atoms in total. The molecule has 6 heteroatoms. The Labute approximate surface area is 113 Å². The molecule has 94 valence electrons. The molecule has 1 aliphatic heterocycles. The molecule has 1 aromatic carbocycles. The molecule has 3 rings (SSSR count). The molecule has 0 saturated heterocycles. The van der Waals surface area contributed by atoms with E-state index in [9.17, 15) is 4.39 Å². The zero-order chi connectivity index (χ0) is 12.5. The van der Waals surface area contributed by atoms with Gasteiger partial charge in [-0.25, -0.2) is 4.39 Å². The smallest absolute Gasteiger partial charge is 0.147 e. The Balaban J connectivity index is 1.72. The first-order valence-electron chi connectivity index (χ1n) is 5.75. The second kappa shape index (κ2) is 4.78. The molecule has 0 bridgehead atoms. The summed E-state index contributed by atoms with van der Waals surface area (Å²) >= 11 is 3.21. The lowest BCUT2D eigenvalue weighted by Crippen LogP contribution is -2.33. The summed E-state index contributed by atoms with van der Waals surface area (Å²) in [6.45, 7) is 3.45. The Morgan fingerprint density at radius 2 is 2.22 bits per heavy atom. The van der Waals surface area contributed by atoms with Gasteiger partial charge in [-0.15, -0.1) is 10.2 Å². The van der Waals surface area contributed by atoms with E-state index in [4.69, 9.17) is 0 Å². The molecule has 0 amide bonds. The fraction of sp³-hybridized carbons (Fsp3) is 0.333. The highest BCUT2D eigenvalue weighted by Gasteiger charge is 2.17. The molecule has 0 spiro atoms. The van der Waals surface area contributed by atoms with Crippen LogP contribution in [0.4, 0.5) is 4.39 Å². The van der Waals surface area contributed by atoms with Crippen LogP contribution in [0.25, 0.3) is 0 Å². The van der Waals surface area contributed by atoms with E-state index >= 15 is 0 Å². The first-order chi connectivity index (χ1) is 8.72. The van der Waals surface area contributed by atoms with E-state index < -0.39 is 0 Å². The molecule has 0 radical (unpaired) electrons. The summed E-state index contributed by atoms with van der Waals surface area (Å²) < 4.78 is 15.7. The minimum absolute atomic E-state index is 0.225. The summed E-state index contributed by atoms with van der Waals surface area (Å²) in [5.74, 6) is 0.763. The molecule has 1 aromatic heterocycles. The normalized spacial score (nSPS) is 15.7. The van der Waals surface area contributed by atoms with E-state index in [1.165, 1.54) is 6.07 Å². The van der Waals surface area contributed by atoms with Crippen molar-refractivity contribution < 1.29 is 4.39 Å². The topological polar surface area (TPSA) is 34.0 Å². The third-order valence-electron chi connectivity index (χ3n) is 3.11. The first-order valence-corrected chi connectivity index (χ1v) is 6.54. The lowest BCUT2D eigenvalue weighted by Gasteiger charge is -2.26. The lowest BCUT2D eigenvalue weighted by atomic mass is 10.2. The Morgan fingerprint density at radius 3 is 3.06 bits per heavy atom. The Morgan fingerprint density at radius 1 is 1.33 bits per heavy atom. The summed E-state index contributed by atoms with van der Waals surface area (Å²) in [5, 5.41) is 7.98. The quantitative estimate of drug-likeness (QED) is 0.853. The summed E-state index contributed by atoms with van der Waals surface area (Å²) in [6.07, 6.45) is 1.77. The standard InChI is InChI=1S/C12H12BrFN4/c13-10-5-9(1-2-11(10)14)6-17-3-4-18-8-15-16-12(18)7-17/h1-2,5,8H,3-4,6-7H2. The van der Waals surface area contributed by atoms with Crippen LogP contribution in [0.15, 0.2) is 29.0 Å². The van der Waals surface area contributed by atoms with Crippen LogP contribution in [0.3, 0.4) is 0 Å². The van der Waals surface area contributed by atoms with E-state index in [1.54, 1.807) is 6.33 Å². The predicted octanol–water partition coefficient (Wildman–Crippen LogP) is 2.20. The van der Waals surface area contributed by atoms with Crippen molar-refractivity contribution in [1.29, 1.82) is 0 Å². The maximum atomic E-state index is 13.2. The van der Waals surface area contributed by atoms with Crippen LogP contribution < -0.4 is 0 Å². The van der Waals surface area contributed by atoms with Crippen LogP contribution in [-0.4, -0.2) is 26.2 Å². The van der Waals surface area contributed by atoms with Gasteiger partial charge in [0.15, 0.2) is 0 Å². The molecule has 1 aliphatic rings. The van der Waals surface area contributed by atoms with Gasteiger partial charge in [-0.1, -0.05) is 6.07 Å². The number of hydrogen-bond donors (Lipinski definition) is 0. The average molecular weight is 311 g/mol. The van der Waals surface area contributed by atoms with Gasteiger partial charge in [-0.3, -0.25) is 4.90 Å². The third kappa shape index (κ3) is 2.30. The van der Waals surface area contributed by atoms with Gasteiger partial charge in [0.1, 0.15) is 18.0 Å². The molecule has 0 N–H and O–H groups in total. The van der Waals surface area contributed by atoms with E-state index in [0.29, 0.717) is 4.47 Å². The fourth-order valence-electron chi connectivity index (χ4n) is 2.15. The van der Waals surface area contributed by atoms with Gasteiger partial charge in [0.2, 0.25) is 0 Å². The number of nitrogens with zero attached hydrogens (tertiary/aromatic N) is 4. The second-order valence-electron chi connectivity index (χ2n) is 4.40. The number of hydrogen-bond acceptors (Lipinski definition) is 3. The van der Waals surface area contributed by atoms with Gasteiger partial charge in [0, 0.05) is 19.6 Å². The lowest BCUT2D eigenvalue weighted by molar-refractivity contribution is 0.208. The Hall–Kier alpha value is -1.27. The molecule has 18 heavy (non-hydrogen) atoms. The summed E-state index contributed by atoms with van der Waals surface area (Å²) in [4.78, 5) is 2.28. The van der Waals surface area contributed by atoms with Crippen molar-refractivity contribution in [1.82, 2.24) is 19.7 Å². The number of aromatic nitrogens is 3. The highest BCUT2D eigenvalue weighted by Crippen LogP contribution is 2.19. The number of benzene rings is 1. The van der Waals surface area contributed by atoms with Crippen LogP contribution in [0.2, 0.25) is 0 Å². The molecule has 0 unspecified atom stereocenters. The van der Waals surface area contributed by atoms with Crippen molar-refractivity contribution in [3.05, 3.63) is 46.2 Å². The first kappa shape index (κ1) is 11.8. The minimum Gasteiger partial charge on any atom is -0.315 e. The zero-order valence-electron chi connectivity index (χ0n) is 9.68. The third-order valence-corrected chi connectivity index (χ3v) is 3.72. The Bertz CT molecular complexity index is 569. The van der Waals surface area contributed by atoms with Crippen molar-refractivity contribution >= 4 is 15.9 Å². The van der Waals surface area contributed by atoms with Crippen LogP contribution >= 0.6 is 15.9 Å². The van der Waals surface area contributed by atoms with Crippen LogP contribution in [-0.2, 0) is 19.6 Å². The van der Waals surface area contributed by atoms with Crippen molar-refractivity contribution in [3.63, 3.8) is 0 Å². The predicted molar refractivity (Wildman–Crippen MR) is 68.2 cm³/mol. The van der Waals surface area contributed by atoms with E-state index in [1.807, 2.05) is 12.1 Å². The van der Waals surface area contributed by atoms with E-state index in [2.05, 4.69) is 35.6 Å². The maximum absolute atomic E-state index is 13.2. The molecule has 2 heterocycles. The summed E-state index contributed by atoms with van der Waals surface area (Å²) in [7, 11) is 0. The summed E-state index contributed by atoms with van der Waals surface area (Å²) in [5.41, 5.74) is 1.09. The van der Waals surface area contributed by atoms with Crippen LogP contribution in [0, 0.1) is 5.82 Å². The maximum Gasteiger partial charge on any atom is 0.147 e. The monoisotopic (exact) mass is 310 g/mol. The molecule has 0 saturated carbocycles. The second-order valence-corrected chi connectivity index (χ2v) is 5.25. The van der Waals surface area contributed by atoms with Gasteiger partial charge in [0.25, 0.3) is 0 Å². The van der Waals surface area contributed by atoms with Crippen molar-refractivity contribution in [2.24, 2.45) is 0 Å². The largest absolute Gasteiger partial charge is 0.315 e. The van der Waals surface area contributed by atoms with E-state index in [-0.39, 0.29) is 5.82 Å². The molecular weight excluding hydrogens is 299 g/mol. The van der Waals surface area contributed by atoms with Crippen molar-refractivity contribution in [2.75, 3.05) is 6.54 Å². The highest BCUT2D eigenvalue weighted by molar-refractivity contribution is 9.10. The minimum atomic E-state index is -0.225. The van der Waals surface area contributed by atoms with Gasteiger partial charge in [-0.2, -0.15) is 0 Å². The number of halogens is 2.